The quantitative estimate of drug-likeness (QED) is 0.902. The lowest BCUT2D eigenvalue weighted by molar-refractivity contribution is 0.690. The number of nitrogens with one attached hydrogen (secondary N) is 1. The van der Waals surface area contributed by atoms with Gasteiger partial charge in [0.05, 0.1) is 16.9 Å². The zero-order valence-corrected chi connectivity index (χ0v) is 9.89. The molecular weight excluding hydrogens is 238 g/mol. The first kappa shape index (κ1) is 11.7. The maximum absolute atomic E-state index is 11.4. The number of benzene rings is 1. The van der Waals surface area contributed by atoms with Crippen molar-refractivity contribution in [2.45, 2.75) is 6.54 Å². The molecule has 0 radical (unpaired) electrons. The number of nitrogens with zero attached hydrogens (tertiary/aromatic N) is 2. The summed E-state index contributed by atoms with van der Waals surface area (Å²) in [4.78, 5) is 15.1. The van der Waals surface area contributed by atoms with E-state index in [1.807, 2.05) is 24.3 Å². The van der Waals surface area contributed by atoms with Crippen LogP contribution in [-0.2, 0) is 6.54 Å². The summed E-state index contributed by atoms with van der Waals surface area (Å²) in [7, 11) is 0. The van der Waals surface area contributed by atoms with Gasteiger partial charge in [-0.3, -0.25) is 9.78 Å². The van der Waals surface area contributed by atoms with E-state index in [0.717, 1.165) is 5.69 Å². The lowest BCUT2D eigenvalue weighted by atomic mass is 10.3. The van der Waals surface area contributed by atoms with Crippen molar-refractivity contribution in [2.75, 3.05) is 11.9 Å². The SMILES string of the molecule is O=c1cnccn1CCNc1ccccc1Cl. The van der Waals surface area contributed by atoms with E-state index in [2.05, 4.69) is 10.3 Å². The molecule has 5 heteroatoms. The van der Waals surface area contributed by atoms with Crippen LogP contribution in [-0.4, -0.2) is 16.1 Å². The van der Waals surface area contributed by atoms with Gasteiger partial charge in [0.15, 0.2) is 0 Å². The molecule has 2 rings (SSSR count). The van der Waals surface area contributed by atoms with Crippen molar-refractivity contribution >= 4 is 17.3 Å². The third-order valence-corrected chi connectivity index (χ3v) is 2.67. The molecule has 0 unspecified atom stereocenters. The second-order valence-corrected chi connectivity index (χ2v) is 3.92. The molecule has 88 valence electrons. The Morgan fingerprint density at radius 3 is 2.94 bits per heavy atom. The highest BCUT2D eigenvalue weighted by atomic mass is 35.5. The molecule has 0 saturated heterocycles. The van der Waals surface area contributed by atoms with Crippen LogP contribution in [0, 0.1) is 0 Å². The number of halogens is 1. The number of para-hydroxylation sites is 1. The Morgan fingerprint density at radius 2 is 2.18 bits per heavy atom. The number of hydrogen-bond acceptors (Lipinski definition) is 3. The van der Waals surface area contributed by atoms with Gasteiger partial charge in [-0.05, 0) is 12.1 Å². The molecule has 0 bridgehead atoms. The minimum Gasteiger partial charge on any atom is -0.382 e. The van der Waals surface area contributed by atoms with Gasteiger partial charge >= 0.3 is 0 Å². The third kappa shape index (κ3) is 3.07. The molecule has 0 amide bonds. The van der Waals surface area contributed by atoms with Gasteiger partial charge in [0.25, 0.3) is 5.56 Å². The van der Waals surface area contributed by atoms with Gasteiger partial charge in [-0.2, -0.15) is 0 Å². The van der Waals surface area contributed by atoms with Crippen molar-refractivity contribution < 1.29 is 0 Å². The first-order chi connectivity index (χ1) is 8.27. The Labute approximate surface area is 104 Å². The van der Waals surface area contributed by atoms with Crippen LogP contribution in [0.3, 0.4) is 0 Å². The zero-order valence-electron chi connectivity index (χ0n) is 9.14. The maximum Gasteiger partial charge on any atom is 0.269 e. The second-order valence-electron chi connectivity index (χ2n) is 3.51. The molecule has 0 spiro atoms. The average molecular weight is 250 g/mol. The van der Waals surface area contributed by atoms with Gasteiger partial charge in [0, 0.05) is 25.5 Å². The van der Waals surface area contributed by atoms with E-state index < -0.39 is 0 Å². The number of hydrogen-bond donors (Lipinski definition) is 1. The summed E-state index contributed by atoms with van der Waals surface area (Å²) in [6.45, 7) is 1.21. The van der Waals surface area contributed by atoms with Crippen LogP contribution < -0.4 is 10.9 Å². The summed E-state index contributed by atoms with van der Waals surface area (Å²) in [5, 5.41) is 3.85. The van der Waals surface area contributed by atoms with Gasteiger partial charge in [0.2, 0.25) is 0 Å². The summed E-state index contributed by atoms with van der Waals surface area (Å²) in [6, 6.07) is 7.51. The Hall–Kier alpha value is -1.81. The Morgan fingerprint density at radius 1 is 1.35 bits per heavy atom. The predicted molar refractivity (Wildman–Crippen MR) is 68.4 cm³/mol. The van der Waals surface area contributed by atoms with Crippen molar-refractivity contribution in [3.05, 3.63) is 58.2 Å². The Bertz CT molecular complexity index is 553. The van der Waals surface area contributed by atoms with Crippen LogP contribution >= 0.6 is 11.6 Å². The molecule has 1 heterocycles. The standard InChI is InChI=1S/C12H12ClN3O/c13-10-3-1-2-4-11(10)15-6-8-16-7-5-14-9-12(16)17/h1-5,7,9,15H,6,8H2. The highest BCUT2D eigenvalue weighted by molar-refractivity contribution is 6.33. The van der Waals surface area contributed by atoms with E-state index in [1.54, 1.807) is 17.0 Å². The van der Waals surface area contributed by atoms with Crippen LogP contribution in [0.5, 0.6) is 0 Å². The van der Waals surface area contributed by atoms with Crippen LogP contribution in [0.2, 0.25) is 5.02 Å². The normalized spacial score (nSPS) is 10.2. The van der Waals surface area contributed by atoms with E-state index in [9.17, 15) is 4.79 Å². The van der Waals surface area contributed by atoms with Crippen molar-refractivity contribution in [3.63, 3.8) is 0 Å². The van der Waals surface area contributed by atoms with Crippen molar-refractivity contribution in [1.29, 1.82) is 0 Å². The highest BCUT2D eigenvalue weighted by Crippen LogP contribution is 2.19. The molecule has 17 heavy (non-hydrogen) atoms. The van der Waals surface area contributed by atoms with Gasteiger partial charge in [-0.15, -0.1) is 0 Å². The molecule has 4 nitrogen and oxygen atoms in total. The average Bonchev–Trinajstić information content (AvgIpc) is 2.34. The minimum absolute atomic E-state index is 0.103. The molecule has 2 aromatic rings. The monoisotopic (exact) mass is 249 g/mol. The molecule has 0 fully saturated rings. The van der Waals surface area contributed by atoms with Crippen LogP contribution in [0.25, 0.3) is 0 Å². The summed E-state index contributed by atoms with van der Waals surface area (Å²) < 4.78 is 1.59. The fourth-order valence-corrected chi connectivity index (χ4v) is 1.68. The number of aromatic nitrogens is 2. The Kier molecular flexibility index (Phi) is 3.77. The van der Waals surface area contributed by atoms with E-state index in [4.69, 9.17) is 11.6 Å². The maximum atomic E-state index is 11.4. The first-order valence-electron chi connectivity index (χ1n) is 5.26. The molecule has 0 aliphatic carbocycles. The van der Waals surface area contributed by atoms with Crippen LogP contribution in [0.4, 0.5) is 5.69 Å². The zero-order chi connectivity index (χ0) is 12.1. The van der Waals surface area contributed by atoms with Crippen molar-refractivity contribution in [1.82, 2.24) is 9.55 Å². The van der Waals surface area contributed by atoms with E-state index in [-0.39, 0.29) is 5.56 Å². The van der Waals surface area contributed by atoms with Crippen molar-refractivity contribution in [2.24, 2.45) is 0 Å². The fourth-order valence-electron chi connectivity index (χ4n) is 1.47. The fraction of sp³-hybridized carbons (Fsp3) is 0.167. The second kappa shape index (κ2) is 5.50. The molecule has 1 aromatic heterocycles. The molecule has 1 aromatic carbocycles. The van der Waals surface area contributed by atoms with E-state index in [0.29, 0.717) is 18.1 Å². The lowest BCUT2D eigenvalue weighted by Crippen LogP contribution is -2.22. The van der Waals surface area contributed by atoms with E-state index >= 15 is 0 Å². The van der Waals surface area contributed by atoms with Gasteiger partial charge in [-0.1, -0.05) is 23.7 Å². The van der Waals surface area contributed by atoms with Gasteiger partial charge in [0.1, 0.15) is 0 Å². The largest absolute Gasteiger partial charge is 0.382 e. The summed E-state index contributed by atoms with van der Waals surface area (Å²) in [6.07, 6.45) is 4.56. The summed E-state index contributed by atoms with van der Waals surface area (Å²) in [5.74, 6) is 0. The van der Waals surface area contributed by atoms with E-state index in [1.165, 1.54) is 6.20 Å². The number of anilines is 1. The Balaban J connectivity index is 1.95. The third-order valence-electron chi connectivity index (χ3n) is 2.34. The molecule has 0 saturated carbocycles. The topological polar surface area (TPSA) is 46.9 Å². The highest BCUT2D eigenvalue weighted by Gasteiger charge is 1.98. The lowest BCUT2D eigenvalue weighted by Gasteiger charge is -2.09. The molecule has 1 N–H and O–H groups in total. The summed E-state index contributed by atoms with van der Waals surface area (Å²) in [5.41, 5.74) is 0.768. The van der Waals surface area contributed by atoms with Crippen LogP contribution in [0.1, 0.15) is 0 Å². The molecular formula is C12H12ClN3O. The van der Waals surface area contributed by atoms with Crippen LogP contribution in [0.15, 0.2) is 47.7 Å². The summed E-state index contributed by atoms with van der Waals surface area (Å²) >= 11 is 6.00. The van der Waals surface area contributed by atoms with Gasteiger partial charge in [-0.25, -0.2) is 0 Å². The molecule has 0 atom stereocenters. The molecule has 0 aliphatic heterocycles. The predicted octanol–water partition coefficient (Wildman–Crippen LogP) is 2.01. The van der Waals surface area contributed by atoms with Gasteiger partial charge < -0.3 is 9.88 Å². The first-order valence-corrected chi connectivity index (χ1v) is 5.64. The van der Waals surface area contributed by atoms with Crippen molar-refractivity contribution in [3.8, 4) is 0 Å². The smallest absolute Gasteiger partial charge is 0.269 e. The molecule has 0 aliphatic rings. The number of rotatable bonds is 4. The minimum atomic E-state index is -0.103.